The van der Waals surface area contributed by atoms with E-state index in [1.807, 2.05) is 6.92 Å². The van der Waals surface area contributed by atoms with Crippen LogP contribution < -0.4 is 5.32 Å². The highest BCUT2D eigenvalue weighted by Gasteiger charge is 2.11. The lowest BCUT2D eigenvalue weighted by Crippen LogP contribution is -2.08. The Morgan fingerprint density at radius 1 is 1.42 bits per heavy atom. The minimum Gasteiger partial charge on any atom is -0.321 e. The molecule has 0 atom stereocenters. The molecule has 0 unspecified atom stereocenters. The fourth-order valence-corrected chi connectivity index (χ4v) is 2.67. The number of amides is 1. The molecular weight excluding hydrogens is 352 g/mol. The van der Waals surface area contributed by atoms with Gasteiger partial charge in [-0.15, -0.1) is 0 Å². The molecule has 0 aliphatic carbocycles. The summed E-state index contributed by atoms with van der Waals surface area (Å²) < 4.78 is 14.7. The molecule has 0 spiro atoms. The third kappa shape index (κ3) is 4.58. The van der Waals surface area contributed by atoms with E-state index in [4.69, 9.17) is 23.2 Å². The smallest absolute Gasteiger partial charge is 0.248 e. The maximum Gasteiger partial charge on any atom is 0.248 e. The van der Waals surface area contributed by atoms with E-state index in [9.17, 15) is 9.18 Å². The number of aryl methyl sites for hydroxylation is 2. The van der Waals surface area contributed by atoms with Crippen molar-refractivity contribution in [2.75, 3.05) is 5.32 Å². The minimum atomic E-state index is -0.463. The van der Waals surface area contributed by atoms with Gasteiger partial charge in [-0.3, -0.25) is 9.48 Å². The summed E-state index contributed by atoms with van der Waals surface area (Å²) in [5.41, 5.74) is 1.79. The highest BCUT2D eigenvalue weighted by Crippen LogP contribution is 2.24. The van der Waals surface area contributed by atoms with E-state index in [1.165, 1.54) is 18.2 Å². The fraction of sp³-hybridized carbons (Fsp3) is 0.294. The Labute approximate surface area is 150 Å². The first-order valence-electron chi connectivity index (χ1n) is 7.59. The lowest BCUT2D eigenvalue weighted by molar-refractivity contribution is -0.111. The van der Waals surface area contributed by atoms with Crippen LogP contribution in [0.5, 0.6) is 0 Å². The molecule has 1 amide bonds. The standard InChI is InChI=1S/C17H18Cl2FN3O/c1-3-4-9-23-17(19)13(11(2)22-23)6-8-16(24)21-15-7-5-12(20)10-14(15)18/h5-8,10H,3-4,9H2,1-2H3,(H,21,24). The molecule has 0 bridgehead atoms. The van der Waals surface area contributed by atoms with Crippen LogP contribution in [-0.4, -0.2) is 15.7 Å². The van der Waals surface area contributed by atoms with Crippen LogP contribution >= 0.6 is 23.2 Å². The molecule has 128 valence electrons. The Balaban J connectivity index is 2.10. The molecule has 0 fully saturated rings. The lowest BCUT2D eigenvalue weighted by atomic mass is 10.2. The van der Waals surface area contributed by atoms with Crippen molar-refractivity contribution in [3.63, 3.8) is 0 Å². The van der Waals surface area contributed by atoms with Crippen molar-refractivity contribution in [2.24, 2.45) is 0 Å². The average molecular weight is 370 g/mol. The summed E-state index contributed by atoms with van der Waals surface area (Å²) in [5.74, 6) is -0.851. The van der Waals surface area contributed by atoms with Crippen LogP contribution in [0.15, 0.2) is 24.3 Å². The summed E-state index contributed by atoms with van der Waals surface area (Å²) in [6.07, 6.45) is 4.98. The average Bonchev–Trinajstić information content (AvgIpc) is 2.80. The van der Waals surface area contributed by atoms with Crippen LogP contribution in [0.25, 0.3) is 6.08 Å². The van der Waals surface area contributed by atoms with Crippen molar-refractivity contribution in [1.29, 1.82) is 0 Å². The number of nitrogens with zero attached hydrogens (tertiary/aromatic N) is 2. The summed E-state index contributed by atoms with van der Waals surface area (Å²) in [6.45, 7) is 4.67. The highest BCUT2D eigenvalue weighted by molar-refractivity contribution is 6.34. The molecule has 1 aromatic carbocycles. The molecule has 4 nitrogen and oxygen atoms in total. The van der Waals surface area contributed by atoms with Crippen LogP contribution in [0.2, 0.25) is 10.2 Å². The predicted octanol–water partition coefficient (Wildman–Crippen LogP) is 5.09. The van der Waals surface area contributed by atoms with Crippen molar-refractivity contribution in [2.45, 2.75) is 33.2 Å². The molecule has 1 N–H and O–H groups in total. The van der Waals surface area contributed by atoms with E-state index in [0.717, 1.165) is 31.1 Å². The first-order chi connectivity index (χ1) is 11.4. The van der Waals surface area contributed by atoms with Gasteiger partial charge in [0.25, 0.3) is 0 Å². The molecule has 1 heterocycles. The molecule has 0 saturated heterocycles. The third-order valence-electron chi connectivity index (χ3n) is 3.42. The Hall–Kier alpha value is -1.85. The van der Waals surface area contributed by atoms with Crippen molar-refractivity contribution < 1.29 is 9.18 Å². The van der Waals surface area contributed by atoms with Gasteiger partial charge in [-0.1, -0.05) is 36.5 Å². The van der Waals surface area contributed by atoms with Gasteiger partial charge >= 0.3 is 0 Å². The van der Waals surface area contributed by atoms with Crippen LogP contribution in [0.4, 0.5) is 10.1 Å². The van der Waals surface area contributed by atoms with E-state index in [1.54, 1.807) is 10.8 Å². The molecule has 0 radical (unpaired) electrons. The topological polar surface area (TPSA) is 46.9 Å². The summed E-state index contributed by atoms with van der Waals surface area (Å²) in [5, 5.41) is 7.61. The van der Waals surface area contributed by atoms with Crippen LogP contribution in [0.1, 0.15) is 31.0 Å². The maximum atomic E-state index is 13.0. The van der Waals surface area contributed by atoms with Gasteiger partial charge in [0.05, 0.1) is 16.4 Å². The first-order valence-corrected chi connectivity index (χ1v) is 8.35. The Morgan fingerprint density at radius 2 is 2.17 bits per heavy atom. The number of hydrogen-bond donors (Lipinski definition) is 1. The number of hydrogen-bond acceptors (Lipinski definition) is 2. The van der Waals surface area contributed by atoms with E-state index in [0.29, 0.717) is 16.4 Å². The molecule has 0 aliphatic heterocycles. The molecule has 0 saturated carbocycles. The Bertz CT molecular complexity index is 771. The molecule has 2 aromatic rings. The number of halogens is 3. The quantitative estimate of drug-likeness (QED) is 0.720. The van der Waals surface area contributed by atoms with E-state index in [-0.39, 0.29) is 10.9 Å². The summed E-state index contributed by atoms with van der Waals surface area (Å²) in [6, 6.07) is 3.77. The number of rotatable bonds is 6. The maximum absolute atomic E-state index is 13.0. The number of carbonyl (C=O) groups excluding carboxylic acids is 1. The van der Waals surface area contributed by atoms with Gasteiger partial charge in [-0.2, -0.15) is 5.10 Å². The highest BCUT2D eigenvalue weighted by atomic mass is 35.5. The second-order valence-electron chi connectivity index (χ2n) is 5.31. The SMILES string of the molecule is CCCCn1nc(C)c(C=CC(=O)Nc2ccc(F)cc2Cl)c1Cl. The van der Waals surface area contributed by atoms with E-state index >= 15 is 0 Å². The predicted molar refractivity (Wildman–Crippen MR) is 96.0 cm³/mol. The summed E-state index contributed by atoms with van der Waals surface area (Å²) in [7, 11) is 0. The number of carbonyl (C=O) groups is 1. The zero-order valence-electron chi connectivity index (χ0n) is 13.4. The molecule has 1 aromatic heterocycles. The summed E-state index contributed by atoms with van der Waals surface area (Å²) in [4.78, 5) is 12.0. The number of unbranched alkanes of at least 4 members (excludes halogenated alkanes) is 1. The number of aromatic nitrogens is 2. The zero-order chi connectivity index (χ0) is 17.7. The normalized spacial score (nSPS) is 11.2. The zero-order valence-corrected chi connectivity index (χ0v) is 15.0. The largest absolute Gasteiger partial charge is 0.321 e. The monoisotopic (exact) mass is 369 g/mol. The number of nitrogens with one attached hydrogen (secondary N) is 1. The van der Waals surface area contributed by atoms with Gasteiger partial charge in [0, 0.05) is 18.2 Å². The van der Waals surface area contributed by atoms with Crippen molar-refractivity contribution in [1.82, 2.24) is 9.78 Å². The van der Waals surface area contributed by atoms with Gasteiger partial charge in [0.15, 0.2) is 0 Å². The molecule has 24 heavy (non-hydrogen) atoms. The molecule has 7 heteroatoms. The number of anilines is 1. The second kappa shape index (κ2) is 8.31. The molecular formula is C17H18Cl2FN3O. The van der Waals surface area contributed by atoms with E-state index in [2.05, 4.69) is 17.3 Å². The second-order valence-corrected chi connectivity index (χ2v) is 6.08. The van der Waals surface area contributed by atoms with Gasteiger partial charge in [-0.25, -0.2) is 4.39 Å². The van der Waals surface area contributed by atoms with Gasteiger partial charge in [0.2, 0.25) is 5.91 Å². The Kier molecular flexibility index (Phi) is 6.40. The van der Waals surface area contributed by atoms with Crippen LogP contribution in [0.3, 0.4) is 0 Å². The first kappa shape index (κ1) is 18.5. The number of benzene rings is 1. The van der Waals surface area contributed by atoms with E-state index < -0.39 is 5.82 Å². The Morgan fingerprint density at radius 3 is 2.83 bits per heavy atom. The van der Waals surface area contributed by atoms with Crippen molar-refractivity contribution >= 4 is 40.9 Å². The third-order valence-corrected chi connectivity index (χ3v) is 4.13. The lowest BCUT2D eigenvalue weighted by Gasteiger charge is -2.04. The fourth-order valence-electron chi connectivity index (χ4n) is 2.14. The van der Waals surface area contributed by atoms with Crippen molar-refractivity contribution in [3.8, 4) is 0 Å². The van der Waals surface area contributed by atoms with Gasteiger partial charge < -0.3 is 5.32 Å². The minimum absolute atomic E-state index is 0.137. The van der Waals surface area contributed by atoms with Crippen molar-refractivity contribution in [3.05, 3.63) is 51.5 Å². The molecule has 2 rings (SSSR count). The van der Waals surface area contributed by atoms with Crippen LogP contribution in [-0.2, 0) is 11.3 Å². The van der Waals surface area contributed by atoms with Gasteiger partial charge in [0.1, 0.15) is 11.0 Å². The van der Waals surface area contributed by atoms with Crippen LogP contribution in [0, 0.1) is 12.7 Å². The summed E-state index contributed by atoms with van der Waals surface area (Å²) >= 11 is 12.2. The van der Waals surface area contributed by atoms with Gasteiger partial charge in [-0.05, 0) is 37.6 Å². The molecule has 0 aliphatic rings.